The molecule has 3 aromatic rings. The first-order valence-electron chi connectivity index (χ1n) is 13.1. The van der Waals surface area contributed by atoms with Gasteiger partial charge in [-0.1, -0.05) is 50.2 Å². The van der Waals surface area contributed by atoms with E-state index in [9.17, 15) is 9.59 Å². The molecule has 0 saturated carbocycles. The van der Waals surface area contributed by atoms with Crippen molar-refractivity contribution in [2.24, 2.45) is 0 Å². The van der Waals surface area contributed by atoms with Crippen molar-refractivity contribution >= 4 is 53.7 Å². The van der Waals surface area contributed by atoms with Crippen LogP contribution in [-0.2, 0) is 22.7 Å². The lowest BCUT2D eigenvalue weighted by Crippen LogP contribution is -2.48. The van der Waals surface area contributed by atoms with Crippen LogP contribution < -0.4 is 15.5 Å². The highest BCUT2D eigenvalue weighted by Crippen LogP contribution is 2.30. The first-order valence-corrected chi connectivity index (χ1v) is 14.0. The van der Waals surface area contributed by atoms with Gasteiger partial charge in [0.15, 0.2) is 0 Å². The summed E-state index contributed by atoms with van der Waals surface area (Å²) in [6.45, 7) is 10.9. The lowest BCUT2D eigenvalue weighted by atomic mass is 10.1. The van der Waals surface area contributed by atoms with Gasteiger partial charge in [0.2, 0.25) is 5.91 Å². The van der Waals surface area contributed by atoms with Crippen molar-refractivity contribution in [2.45, 2.75) is 46.8 Å². The molecule has 4 rings (SSSR count). The molecule has 0 unspecified atom stereocenters. The number of fused-ring (bicyclic) bond motifs is 1. The monoisotopic (exact) mass is 606 g/mol. The number of aromatic nitrogens is 1. The van der Waals surface area contributed by atoms with Crippen LogP contribution in [0.1, 0.15) is 36.2 Å². The number of hydrogen-bond acceptors (Lipinski definition) is 7. The Morgan fingerprint density at radius 2 is 1.70 bits per heavy atom. The first kappa shape index (κ1) is 33.5. The van der Waals surface area contributed by atoms with E-state index in [0.717, 1.165) is 27.5 Å². The van der Waals surface area contributed by atoms with Crippen molar-refractivity contribution in [2.75, 3.05) is 38.1 Å². The van der Waals surface area contributed by atoms with E-state index >= 15 is 0 Å². The Kier molecular flexibility index (Phi) is 12.9. The van der Waals surface area contributed by atoms with Gasteiger partial charge in [-0.25, -0.2) is 9.99 Å². The quantitative estimate of drug-likeness (QED) is 0.311. The van der Waals surface area contributed by atoms with Gasteiger partial charge in [-0.2, -0.15) is 0 Å². The van der Waals surface area contributed by atoms with Crippen LogP contribution >= 0.6 is 36.2 Å². The van der Waals surface area contributed by atoms with Gasteiger partial charge in [0.25, 0.3) is 5.91 Å². The molecule has 2 heterocycles. The second kappa shape index (κ2) is 15.3. The summed E-state index contributed by atoms with van der Waals surface area (Å²) in [5.41, 5.74) is 6.28. The maximum absolute atomic E-state index is 13.5. The Labute approximate surface area is 253 Å². The maximum atomic E-state index is 13.5. The summed E-state index contributed by atoms with van der Waals surface area (Å²) in [4.78, 5) is 33.0. The molecule has 8 nitrogen and oxygen atoms in total. The average molecular weight is 608 g/mol. The third kappa shape index (κ3) is 8.65. The predicted molar refractivity (Wildman–Crippen MR) is 168 cm³/mol. The van der Waals surface area contributed by atoms with E-state index < -0.39 is 0 Å². The van der Waals surface area contributed by atoms with E-state index in [1.807, 2.05) is 66.5 Å². The summed E-state index contributed by atoms with van der Waals surface area (Å²) >= 11 is 1.59. The second-order valence-corrected chi connectivity index (χ2v) is 11.0. The highest BCUT2D eigenvalue weighted by atomic mass is 35.5. The number of anilines is 1. The van der Waals surface area contributed by atoms with E-state index in [2.05, 4.69) is 41.6 Å². The standard InChI is InChI=1S/C29H38N6O2S.2ClH/c1-20(2)30-12-13-31-27(36)17-34(26-14-23(11-10-21(26)3)29-32-22(4)19-38-29)18-28(37)33(5)35-15-24-8-6-7-9-25(24)16-35;;/h6-11,14,19-20,30H,12-13,15-18H2,1-5H3,(H,31,36);2*1H. The number of carbonyl (C=O) groups excluding carboxylic acids is 2. The summed E-state index contributed by atoms with van der Waals surface area (Å²) in [6.07, 6.45) is 0. The molecule has 1 aliphatic heterocycles. The minimum absolute atomic E-state index is 0. The maximum Gasteiger partial charge on any atom is 0.256 e. The molecule has 1 aromatic heterocycles. The Balaban J connectivity index is 0.00000280. The van der Waals surface area contributed by atoms with Crippen LogP contribution in [-0.4, -0.2) is 66.1 Å². The zero-order valence-electron chi connectivity index (χ0n) is 23.8. The molecule has 11 heteroatoms. The Bertz CT molecular complexity index is 1260. The number of nitrogens with one attached hydrogen (secondary N) is 2. The molecule has 0 aliphatic carbocycles. The highest BCUT2D eigenvalue weighted by molar-refractivity contribution is 7.13. The number of thiazole rings is 1. The smallest absolute Gasteiger partial charge is 0.256 e. The summed E-state index contributed by atoms with van der Waals surface area (Å²) in [5.74, 6) is -0.184. The summed E-state index contributed by atoms with van der Waals surface area (Å²) < 4.78 is 0. The number of hydrazine groups is 1. The van der Waals surface area contributed by atoms with Crippen LogP contribution in [0.25, 0.3) is 10.6 Å². The zero-order chi connectivity index (χ0) is 27.2. The van der Waals surface area contributed by atoms with Gasteiger partial charge in [0, 0.05) is 61.6 Å². The van der Waals surface area contributed by atoms with Crippen LogP contribution in [0, 0.1) is 13.8 Å². The lowest BCUT2D eigenvalue weighted by molar-refractivity contribution is -0.145. The van der Waals surface area contributed by atoms with Crippen LogP contribution in [0.5, 0.6) is 0 Å². The minimum atomic E-state index is -0.116. The summed E-state index contributed by atoms with van der Waals surface area (Å²) in [7, 11) is 1.81. The van der Waals surface area contributed by atoms with Crippen molar-refractivity contribution in [1.29, 1.82) is 0 Å². The molecule has 40 heavy (non-hydrogen) atoms. The third-order valence-electron chi connectivity index (χ3n) is 6.69. The Morgan fingerprint density at radius 1 is 1.02 bits per heavy atom. The lowest BCUT2D eigenvalue weighted by Gasteiger charge is -2.32. The predicted octanol–water partition coefficient (Wildman–Crippen LogP) is 4.58. The summed E-state index contributed by atoms with van der Waals surface area (Å²) in [6, 6.07) is 14.7. The van der Waals surface area contributed by atoms with Gasteiger partial charge in [0.05, 0.1) is 13.1 Å². The largest absolute Gasteiger partial charge is 0.353 e. The normalized spacial score (nSPS) is 12.3. The molecule has 0 radical (unpaired) electrons. The van der Waals surface area contributed by atoms with Crippen molar-refractivity contribution in [1.82, 2.24) is 25.6 Å². The van der Waals surface area contributed by atoms with E-state index in [4.69, 9.17) is 0 Å². The molecule has 2 N–H and O–H groups in total. The number of carbonyl (C=O) groups is 2. The molecule has 2 amide bonds. The van der Waals surface area contributed by atoms with Gasteiger partial charge >= 0.3 is 0 Å². The van der Waals surface area contributed by atoms with Crippen molar-refractivity contribution in [3.05, 3.63) is 70.2 Å². The van der Waals surface area contributed by atoms with Crippen LogP contribution in [0.2, 0.25) is 0 Å². The molecule has 0 spiro atoms. The molecule has 1 aliphatic rings. The molecule has 218 valence electrons. The molecule has 0 saturated heterocycles. The number of rotatable bonds is 11. The Morgan fingerprint density at radius 3 is 2.30 bits per heavy atom. The fraction of sp³-hybridized carbons (Fsp3) is 0.414. The van der Waals surface area contributed by atoms with Gasteiger partial charge in [-0.3, -0.25) is 14.6 Å². The SMILES string of the molecule is Cc1csc(-c2ccc(C)c(N(CC(=O)NCCNC(C)C)CC(=O)N(C)N3Cc4ccccc4C3)c2)n1.Cl.Cl. The Hall–Kier alpha value is -2.69. The van der Waals surface area contributed by atoms with Gasteiger partial charge < -0.3 is 15.5 Å². The van der Waals surface area contributed by atoms with Gasteiger partial charge in [-0.05, 0) is 36.6 Å². The number of nitrogens with zero attached hydrogens (tertiary/aromatic N) is 4. The first-order chi connectivity index (χ1) is 18.2. The summed E-state index contributed by atoms with van der Waals surface area (Å²) in [5, 5.41) is 13.0. The minimum Gasteiger partial charge on any atom is -0.353 e. The van der Waals surface area contributed by atoms with Crippen LogP contribution in [0.15, 0.2) is 47.8 Å². The number of benzene rings is 2. The number of amides is 2. The third-order valence-corrected chi connectivity index (χ3v) is 7.69. The van der Waals surface area contributed by atoms with E-state index in [0.29, 0.717) is 32.2 Å². The second-order valence-electron chi connectivity index (χ2n) is 10.1. The zero-order valence-corrected chi connectivity index (χ0v) is 26.2. The number of aryl methyl sites for hydroxylation is 2. The van der Waals surface area contributed by atoms with E-state index in [-0.39, 0.29) is 49.7 Å². The van der Waals surface area contributed by atoms with Gasteiger partial charge in [-0.15, -0.1) is 36.2 Å². The highest BCUT2D eigenvalue weighted by Gasteiger charge is 2.27. The van der Waals surface area contributed by atoms with Gasteiger partial charge in [0.1, 0.15) is 5.01 Å². The number of halogens is 2. The van der Waals surface area contributed by atoms with Crippen molar-refractivity contribution in [3.8, 4) is 10.6 Å². The molecular weight excluding hydrogens is 567 g/mol. The molecule has 2 aromatic carbocycles. The van der Waals surface area contributed by atoms with E-state index in [1.54, 1.807) is 16.3 Å². The molecule has 0 atom stereocenters. The average Bonchev–Trinajstić information content (AvgIpc) is 3.52. The van der Waals surface area contributed by atoms with E-state index in [1.165, 1.54) is 11.1 Å². The molecular formula is C29H40Cl2N6O2S. The molecule has 0 bridgehead atoms. The topological polar surface area (TPSA) is 80.8 Å². The fourth-order valence-electron chi connectivity index (χ4n) is 4.54. The molecule has 0 fully saturated rings. The van der Waals surface area contributed by atoms with Crippen LogP contribution in [0.3, 0.4) is 0 Å². The fourth-order valence-corrected chi connectivity index (χ4v) is 5.33. The van der Waals surface area contributed by atoms with Crippen LogP contribution in [0.4, 0.5) is 5.69 Å². The van der Waals surface area contributed by atoms with Crippen molar-refractivity contribution in [3.63, 3.8) is 0 Å². The van der Waals surface area contributed by atoms with Crippen molar-refractivity contribution < 1.29 is 9.59 Å². The number of hydrogen-bond donors (Lipinski definition) is 2. The number of likely N-dealkylation sites (N-methyl/N-ethyl adjacent to an activating group) is 1.